The van der Waals surface area contributed by atoms with Crippen LogP contribution in [-0.2, 0) is 16.0 Å². The zero-order valence-corrected chi connectivity index (χ0v) is 9.18. The first kappa shape index (κ1) is 12.3. The molecule has 0 spiro atoms. The predicted octanol–water partition coefficient (Wildman–Crippen LogP) is 1.15. The molecule has 1 amide bonds. The molecule has 1 rings (SSSR count). The van der Waals surface area contributed by atoms with E-state index in [4.69, 9.17) is 9.52 Å². The molecule has 0 saturated carbocycles. The van der Waals surface area contributed by atoms with Crippen molar-refractivity contribution in [1.82, 2.24) is 4.90 Å². The number of hydrogen-bond donors (Lipinski definition) is 1. The summed E-state index contributed by atoms with van der Waals surface area (Å²) in [4.78, 5) is 23.3. The highest BCUT2D eigenvalue weighted by Crippen LogP contribution is 2.05. The Hall–Kier alpha value is -1.78. The molecule has 5 nitrogen and oxygen atoms in total. The van der Waals surface area contributed by atoms with E-state index in [1.54, 1.807) is 19.4 Å². The van der Waals surface area contributed by atoms with Gasteiger partial charge in [0.05, 0.1) is 12.7 Å². The average Bonchev–Trinajstić information content (AvgIpc) is 2.75. The zero-order valence-electron chi connectivity index (χ0n) is 9.18. The van der Waals surface area contributed by atoms with Crippen LogP contribution >= 0.6 is 0 Å². The summed E-state index contributed by atoms with van der Waals surface area (Å²) in [7, 11) is 1.60. The quantitative estimate of drug-likeness (QED) is 0.788. The lowest BCUT2D eigenvalue weighted by Crippen LogP contribution is -2.29. The van der Waals surface area contributed by atoms with Crippen molar-refractivity contribution in [1.29, 1.82) is 0 Å². The minimum absolute atomic E-state index is 0.0248. The second-order valence-electron chi connectivity index (χ2n) is 3.54. The van der Waals surface area contributed by atoms with E-state index in [0.29, 0.717) is 12.8 Å². The van der Waals surface area contributed by atoms with Gasteiger partial charge in [-0.05, 0) is 12.1 Å². The predicted molar refractivity (Wildman–Crippen MR) is 56.9 cm³/mol. The van der Waals surface area contributed by atoms with Crippen LogP contribution in [0.5, 0.6) is 0 Å². The monoisotopic (exact) mass is 225 g/mol. The van der Waals surface area contributed by atoms with Crippen LogP contribution in [0.1, 0.15) is 18.6 Å². The van der Waals surface area contributed by atoms with E-state index < -0.39 is 5.97 Å². The molecular formula is C11H15NO4. The summed E-state index contributed by atoms with van der Waals surface area (Å²) in [6.45, 7) is 0.242. The van der Waals surface area contributed by atoms with Crippen molar-refractivity contribution in [2.24, 2.45) is 0 Å². The molecule has 0 atom stereocenters. The summed E-state index contributed by atoms with van der Waals surface area (Å²) in [5.41, 5.74) is 0. The third-order valence-corrected chi connectivity index (χ3v) is 2.25. The number of amides is 1. The lowest BCUT2D eigenvalue weighted by molar-refractivity contribution is -0.138. The van der Waals surface area contributed by atoms with Crippen molar-refractivity contribution < 1.29 is 19.1 Å². The Labute approximate surface area is 93.7 Å². The number of aryl methyl sites for hydroxylation is 1. The van der Waals surface area contributed by atoms with Gasteiger partial charge in [-0.2, -0.15) is 0 Å². The van der Waals surface area contributed by atoms with Crippen LogP contribution in [-0.4, -0.2) is 35.5 Å². The molecule has 0 radical (unpaired) electrons. The minimum atomic E-state index is -0.898. The Kier molecular flexibility index (Phi) is 4.57. The Morgan fingerprint density at radius 2 is 2.19 bits per heavy atom. The number of carbonyl (C=O) groups is 2. The number of nitrogens with zero attached hydrogens (tertiary/aromatic N) is 1. The summed E-state index contributed by atoms with van der Waals surface area (Å²) in [5.74, 6) is -0.205. The van der Waals surface area contributed by atoms with Gasteiger partial charge in [0.1, 0.15) is 5.76 Å². The summed E-state index contributed by atoms with van der Waals surface area (Å²) >= 11 is 0. The van der Waals surface area contributed by atoms with E-state index in [1.165, 1.54) is 4.90 Å². The van der Waals surface area contributed by atoms with Crippen molar-refractivity contribution in [3.05, 3.63) is 24.2 Å². The van der Waals surface area contributed by atoms with E-state index >= 15 is 0 Å². The second kappa shape index (κ2) is 5.95. The van der Waals surface area contributed by atoms with Gasteiger partial charge in [0.2, 0.25) is 5.91 Å². The highest BCUT2D eigenvalue weighted by atomic mass is 16.4. The van der Waals surface area contributed by atoms with Gasteiger partial charge in [0.15, 0.2) is 0 Å². The fourth-order valence-corrected chi connectivity index (χ4v) is 1.26. The normalized spacial score (nSPS) is 10.1. The first-order valence-corrected chi connectivity index (χ1v) is 5.07. The van der Waals surface area contributed by atoms with Crippen molar-refractivity contribution >= 4 is 11.9 Å². The van der Waals surface area contributed by atoms with Gasteiger partial charge in [-0.1, -0.05) is 0 Å². The van der Waals surface area contributed by atoms with Gasteiger partial charge in [-0.3, -0.25) is 9.59 Å². The molecule has 5 heteroatoms. The minimum Gasteiger partial charge on any atom is -0.481 e. The fourth-order valence-electron chi connectivity index (χ4n) is 1.26. The zero-order chi connectivity index (χ0) is 12.0. The number of aliphatic carboxylic acids is 1. The lowest BCUT2D eigenvalue weighted by Gasteiger charge is -2.15. The third kappa shape index (κ3) is 4.16. The maximum atomic E-state index is 11.5. The molecule has 0 aliphatic carbocycles. The molecule has 1 aromatic rings. The van der Waals surface area contributed by atoms with Gasteiger partial charge in [-0.25, -0.2) is 0 Å². The number of hydrogen-bond acceptors (Lipinski definition) is 3. The van der Waals surface area contributed by atoms with Gasteiger partial charge < -0.3 is 14.4 Å². The second-order valence-corrected chi connectivity index (χ2v) is 3.54. The van der Waals surface area contributed by atoms with Crippen molar-refractivity contribution in [2.45, 2.75) is 19.3 Å². The van der Waals surface area contributed by atoms with E-state index in [2.05, 4.69) is 0 Å². The third-order valence-electron chi connectivity index (χ3n) is 2.25. The van der Waals surface area contributed by atoms with Crippen LogP contribution in [0.25, 0.3) is 0 Å². The first-order chi connectivity index (χ1) is 7.59. The number of furan rings is 1. The van der Waals surface area contributed by atoms with Crippen LogP contribution in [0.4, 0.5) is 0 Å². The van der Waals surface area contributed by atoms with Gasteiger partial charge in [0, 0.05) is 26.4 Å². The lowest BCUT2D eigenvalue weighted by atomic mass is 10.2. The molecule has 0 saturated heterocycles. The van der Waals surface area contributed by atoms with Crippen LogP contribution in [0.15, 0.2) is 22.8 Å². The molecule has 0 bridgehead atoms. The molecule has 0 aromatic carbocycles. The SMILES string of the molecule is CN(CCC(=O)O)C(=O)CCc1ccco1. The molecule has 1 aromatic heterocycles. The van der Waals surface area contributed by atoms with E-state index in [1.807, 2.05) is 6.07 Å². The number of carboxylic acids is 1. The fraction of sp³-hybridized carbons (Fsp3) is 0.455. The first-order valence-electron chi connectivity index (χ1n) is 5.07. The summed E-state index contributed by atoms with van der Waals surface area (Å²) in [5, 5.41) is 8.47. The molecule has 1 heterocycles. The largest absolute Gasteiger partial charge is 0.481 e. The Balaban J connectivity index is 2.26. The van der Waals surface area contributed by atoms with Crippen LogP contribution in [0, 0.1) is 0 Å². The summed E-state index contributed by atoms with van der Waals surface area (Å²) in [6, 6.07) is 3.58. The Bertz CT molecular complexity index is 345. The Morgan fingerprint density at radius 1 is 1.44 bits per heavy atom. The average molecular weight is 225 g/mol. The molecule has 1 N–H and O–H groups in total. The molecule has 0 fully saturated rings. The number of rotatable bonds is 6. The molecule has 88 valence electrons. The van der Waals surface area contributed by atoms with Crippen LogP contribution in [0.2, 0.25) is 0 Å². The van der Waals surface area contributed by atoms with Gasteiger partial charge in [-0.15, -0.1) is 0 Å². The number of carbonyl (C=O) groups excluding carboxylic acids is 1. The van der Waals surface area contributed by atoms with Gasteiger partial charge >= 0.3 is 5.97 Å². The molecule has 0 unspecified atom stereocenters. The topological polar surface area (TPSA) is 70.8 Å². The smallest absolute Gasteiger partial charge is 0.305 e. The van der Waals surface area contributed by atoms with Crippen LogP contribution < -0.4 is 0 Å². The van der Waals surface area contributed by atoms with Crippen molar-refractivity contribution in [3.63, 3.8) is 0 Å². The van der Waals surface area contributed by atoms with Gasteiger partial charge in [0.25, 0.3) is 0 Å². The molecule has 16 heavy (non-hydrogen) atoms. The molecule has 0 aliphatic rings. The standard InChI is InChI=1S/C11H15NO4/c1-12(7-6-11(14)15)10(13)5-4-9-3-2-8-16-9/h2-3,8H,4-7H2,1H3,(H,14,15). The molecule has 0 aliphatic heterocycles. The van der Waals surface area contributed by atoms with Crippen molar-refractivity contribution in [2.75, 3.05) is 13.6 Å². The highest BCUT2D eigenvalue weighted by molar-refractivity contribution is 5.76. The maximum absolute atomic E-state index is 11.5. The Morgan fingerprint density at radius 3 is 2.75 bits per heavy atom. The van der Waals surface area contributed by atoms with E-state index in [9.17, 15) is 9.59 Å². The highest BCUT2D eigenvalue weighted by Gasteiger charge is 2.10. The van der Waals surface area contributed by atoms with Crippen LogP contribution in [0.3, 0.4) is 0 Å². The summed E-state index contributed by atoms with van der Waals surface area (Å²) < 4.78 is 5.10. The van der Waals surface area contributed by atoms with E-state index in [0.717, 1.165) is 5.76 Å². The van der Waals surface area contributed by atoms with Crippen molar-refractivity contribution in [3.8, 4) is 0 Å². The number of carboxylic acid groups (broad SMARTS) is 1. The maximum Gasteiger partial charge on any atom is 0.305 e. The summed E-state index contributed by atoms with van der Waals surface area (Å²) in [6.07, 6.45) is 2.42. The molecular weight excluding hydrogens is 210 g/mol. The van der Waals surface area contributed by atoms with E-state index in [-0.39, 0.29) is 18.9 Å².